The van der Waals surface area contributed by atoms with Crippen molar-refractivity contribution in [1.82, 2.24) is 0 Å². The van der Waals surface area contributed by atoms with Gasteiger partial charge in [-0.1, -0.05) is 104 Å². The molecule has 1 aliphatic rings. The third-order valence-electron chi connectivity index (χ3n) is 12.9. The van der Waals surface area contributed by atoms with Gasteiger partial charge in [-0.15, -0.1) is 0 Å². The summed E-state index contributed by atoms with van der Waals surface area (Å²) in [6, 6.07) is 0. The zero-order chi connectivity index (χ0) is 37.8. The number of hydrogen-bond donors (Lipinski definition) is 0. The van der Waals surface area contributed by atoms with E-state index in [-0.39, 0.29) is 43.5 Å². The molecule has 1 aliphatic heterocycles. The van der Waals surface area contributed by atoms with Crippen LogP contribution in [0.5, 0.6) is 0 Å². The van der Waals surface area contributed by atoms with Crippen LogP contribution in [0, 0.1) is 0 Å². The molecule has 0 amide bonds. The van der Waals surface area contributed by atoms with Crippen molar-refractivity contribution >= 4 is 41.6 Å². The zero-order valence-electron chi connectivity index (χ0n) is 36.0. The second-order valence-electron chi connectivity index (χ2n) is 22.0. The van der Waals surface area contributed by atoms with Crippen molar-refractivity contribution in [2.24, 2.45) is 0 Å². The normalized spacial score (nSPS) is 25.3. The zero-order valence-corrected chi connectivity index (χ0v) is 41.0. The molecular weight excluding hydrogens is 669 g/mol. The van der Waals surface area contributed by atoms with Gasteiger partial charge in [0.25, 0.3) is 0 Å². The van der Waals surface area contributed by atoms with Gasteiger partial charge in [-0.2, -0.15) is 0 Å². The number of hydrogen-bond acceptors (Lipinski definition) is 6. The van der Waals surface area contributed by atoms with E-state index in [9.17, 15) is 0 Å². The Balaban J connectivity index is 4.14. The monoisotopic (exact) mass is 750 g/mol. The summed E-state index contributed by atoms with van der Waals surface area (Å²) >= 11 is 0. The van der Waals surface area contributed by atoms with Crippen LogP contribution in [0.3, 0.4) is 0 Å². The van der Waals surface area contributed by atoms with Gasteiger partial charge in [-0.25, -0.2) is 0 Å². The Labute approximate surface area is 299 Å². The van der Waals surface area contributed by atoms with E-state index in [4.69, 9.17) is 26.9 Å². The standard InChI is InChI=1S/C36H82O6Si5/c1-32(2,3)43(16,17)37-26-27-28(39-44(18,19)33(4,5)6)29(40-45(20,21)34(7,8)9)30(41-46(22,23)35(10,11)12)31(38-27)42-47(24,25)36(13,14)15/h27-31H,26H2,1-25H3/t27-,28+,29+,30-,31-/m1/s1. The summed E-state index contributed by atoms with van der Waals surface area (Å²) in [6.45, 7) is 58.2. The van der Waals surface area contributed by atoms with Crippen molar-refractivity contribution < 1.29 is 26.9 Å². The Morgan fingerprint density at radius 1 is 0.383 bits per heavy atom. The summed E-state index contributed by atoms with van der Waals surface area (Å²) in [4.78, 5) is 0. The topological polar surface area (TPSA) is 55.4 Å². The molecule has 6 nitrogen and oxygen atoms in total. The molecule has 0 spiro atoms. The van der Waals surface area contributed by atoms with E-state index in [1.54, 1.807) is 0 Å². The first-order valence-corrected chi connectivity index (χ1v) is 32.8. The maximum absolute atomic E-state index is 7.59. The molecule has 0 unspecified atom stereocenters. The van der Waals surface area contributed by atoms with Gasteiger partial charge in [-0.05, 0) is 90.7 Å². The van der Waals surface area contributed by atoms with E-state index in [1.807, 2.05) is 0 Å². The van der Waals surface area contributed by atoms with Crippen molar-refractivity contribution in [2.45, 2.75) is 225 Å². The highest BCUT2D eigenvalue weighted by atomic mass is 28.4. The van der Waals surface area contributed by atoms with Crippen LogP contribution < -0.4 is 0 Å². The fourth-order valence-corrected chi connectivity index (χ4v) is 10.1. The highest BCUT2D eigenvalue weighted by Gasteiger charge is 2.58. The quantitative estimate of drug-likeness (QED) is 0.196. The van der Waals surface area contributed by atoms with E-state index in [1.165, 1.54) is 0 Å². The summed E-state index contributed by atoms with van der Waals surface area (Å²) in [6.07, 6.45) is -2.10. The van der Waals surface area contributed by atoms with Crippen molar-refractivity contribution in [2.75, 3.05) is 6.61 Å². The van der Waals surface area contributed by atoms with Crippen LogP contribution in [0.1, 0.15) is 104 Å². The van der Waals surface area contributed by atoms with Gasteiger partial charge in [0, 0.05) is 0 Å². The molecule has 0 bridgehead atoms. The van der Waals surface area contributed by atoms with Crippen LogP contribution in [0.15, 0.2) is 0 Å². The van der Waals surface area contributed by atoms with E-state index >= 15 is 0 Å². The molecule has 1 rings (SSSR count). The largest absolute Gasteiger partial charge is 0.414 e. The van der Waals surface area contributed by atoms with Gasteiger partial charge in [0.1, 0.15) is 24.4 Å². The van der Waals surface area contributed by atoms with Gasteiger partial charge in [0.05, 0.1) is 6.61 Å². The molecule has 5 atom stereocenters. The molecule has 0 saturated carbocycles. The predicted molar refractivity (Wildman–Crippen MR) is 216 cm³/mol. The minimum Gasteiger partial charge on any atom is -0.414 e. The maximum atomic E-state index is 7.59. The van der Waals surface area contributed by atoms with Crippen molar-refractivity contribution in [3.63, 3.8) is 0 Å². The second-order valence-corrected chi connectivity index (χ2v) is 45.9. The summed E-state index contributed by atoms with van der Waals surface area (Å²) in [5.74, 6) is 0. The van der Waals surface area contributed by atoms with E-state index in [0.717, 1.165) is 0 Å². The first-order valence-electron chi connectivity index (χ1n) is 18.2. The summed E-state index contributed by atoms with van der Waals surface area (Å²) < 4.78 is 44.1. The van der Waals surface area contributed by atoms with Gasteiger partial charge in [0.15, 0.2) is 47.9 Å². The number of ether oxygens (including phenoxy) is 1. The van der Waals surface area contributed by atoms with E-state index < -0.39 is 54.0 Å². The Kier molecular flexibility index (Phi) is 14.0. The smallest absolute Gasteiger partial charge is 0.195 e. The lowest BCUT2D eigenvalue weighted by molar-refractivity contribution is -0.270. The molecule has 47 heavy (non-hydrogen) atoms. The molecule has 0 N–H and O–H groups in total. The van der Waals surface area contributed by atoms with Crippen LogP contribution >= 0.6 is 0 Å². The van der Waals surface area contributed by atoms with E-state index in [2.05, 4.69) is 169 Å². The highest BCUT2D eigenvalue weighted by Crippen LogP contribution is 2.48. The molecule has 1 saturated heterocycles. The third-order valence-corrected chi connectivity index (χ3v) is 35.3. The SMILES string of the molecule is CC(C)(C)[Si](C)(C)OC[C@H]1O[C@H](O[Si](C)(C)C(C)(C)C)[C@H](O[Si](C)(C)C(C)(C)C)[C@@H](O[Si](C)(C)C(C)(C)C)[C@H]1O[Si](C)(C)C(C)(C)C. The van der Waals surface area contributed by atoms with Crippen LogP contribution in [-0.2, 0) is 26.9 Å². The molecule has 11 heteroatoms. The van der Waals surface area contributed by atoms with E-state index in [0.29, 0.717) is 6.61 Å². The molecule has 1 heterocycles. The Morgan fingerprint density at radius 3 is 0.979 bits per heavy atom. The lowest BCUT2D eigenvalue weighted by Gasteiger charge is -2.56. The lowest BCUT2D eigenvalue weighted by atomic mass is 9.99. The average Bonchev–Trinajstić information content (AvgIpc) is 2.77. The maximum Gasteiger partial charge on any atom is 0.195 e. The van der Waals surface area contributed by atoms with Gasteiger partial charge in [0.2, 0.25) is 0 Å². The summed E-state index contributed by atoms with van der Waals surface area (Å²) in [5.41, 5.74) is 0. The Morgan fingerprint density at radius 2 is 0.660 bits per heavy atom. The predicted octanol–water partition coefficient (Wildman–Crippen LogP) is 11.9. The Bertz CT molecular complexity index is 1020. The number of rotatable bonds is 11. The minimum atomic E-state index is -2.32. The molecule has 0 aromatic heterocycles. The first-order chi connectivity index (χ1) is 20.2. The summed E-state index contributed by atoms with van der Waals surface area (Å²) in [7, 11) is -11.3. The molecule has 1 fully saturated rings. The van der Waals surface area contributed by atoms with Crippen LogP contribution in [-0.4, -0.2) is 78.9 Å². The Hall–Kier alpha value is 0.844. The minimum absolute atomic E-state index is 0.00271. The van der Waals surface area contributed by atoms with Gasteiger partial charge in [-0.3, -0.25) is 0 Å². The molecule has 0 aliphatic carbocycles. The molecule has 282 valence electrons. The van der Waals surface area contributed by atoms with Crippen LogP contribution in [0.4, 0.5) is 0 Å². The van der Waals surface area contributed by atoms with Crippen molar-refractivity contribution in [3.05, 3.63) is 0 Å². The van der Waals surface area contributed by atoms with Crippen molar-refractivity contribution in [1.29, 1.82) is 0 Å². The molecule has 0 aromatic rings. The fourth-order valence-electron chi connectivity index (χ4n) is 4.03. The van der Waals surface area contributed by atoms with Crippen LogP contribution in [0.2, 0.25) is 90.7 Å². The third kappa shape index (κ3) is 11.2. The van der Waals surface area contributed by atoms with Crippen LogP contribution in [0.25, 0.3) is 0 Å². The highest BCUT2D eigenvalue weighted by molar-refractivity contribution is 6.76. The molecule has 0 aromatic carbocycles. The fraction of sp³-hybridized carbons (Fsp3) is 1.00. The second kappa shape index (κ2) is 14.3. The lowest BCUT2D eigenvalue weighted by Crippen LogP contribution is -2.69. The summed E-state index contributed by atoms with van der Waals surface area (Å²) in [5, 5.41) is 0.0594. The molecule has 0 radical (unpaired) electrons. The first kappa shape index (κ1) is 45.9. The molecular formula is C36H82O6Si5. The van der Waals surface area contributed by atoms with Crippen molar-refractivity contribution in [3.8, 4) is 0 Å². The van der Waals surface area contributed by atoms with Gasteiger partial charge < -0.3 is 26.9 Å². The average molecular weight is 751 g/mol. The van der Waals surface area contributed by atoms with Gasteiger partial charge >= 0.3 is 0 Å².